The molecule has 0 radical (unpaired) electrons. The lowest BCUT2D eigenvalue weighted by Crippen LogP contribution is -2.29. The fourth-order valence-corrected chi connectivity index (χ4v) is 4.42. The Morgan fingerprint density at radius 2 is 1.79 bits per heavy atom. The third-order valence-electron chi connectivity index (χ3n) is 5.74. The lowest BCUT2D eigenvalue weighted by molar-refractivity contribution is 0.0697. The van der Waals surface area contributed by atoms with Gasteiger partial charge < -0.3 is 19.7 Å². The van der Waals surface area contributed by atoms with Crippen LogP contribution in [0.1, 0.15) is 39.5 Å². The Morgan fingerprint density at radius 1 is 1.03 bits per heavy atom. The minimum absolute atomic E-state index is 0.201. The topological polar surface area (TPSA) is 78.6 Å². The fourth-order valence-electron chi connectivity index (χ4n) is 4.07. The highest BCUT2D eigenvalue weighted by Crippen LogP contribution is 2.42. The molecule has 1 saturated heterocycles. The molecule has 0 aliphatic carbocycles. The van der Waals surface area contributed by atoms with Crippen LogP contribution in [0.2, 0.25) is 0 Å². The van der Waals surface area contributed by atoms with Crippen LogP contribution in [0.4, 0.5) is 5.69 Å². The standard InChI is InChI=1S/C26H21N3O3S/c1-16-5-11-19(12-6-16)29-24(23(28-26(29)33)20-4-2-3-15-27-20)22-14-13-21(32-22)17-7-9-18(10-8-17)25(30)31/h2-15,23-24H,1H3,(H,28,33)(H,30,31)/t23-,24-/m0/s1. The fraction of sp³-hybridized carbons (Fsp3) is 0.115. The van der Waals surface area contributed by atoms with Crippen molar-refractivity contribution in [1.29, 1.82) is 0 Å². The maximum Gasteiger partial charge on any atom is 0.335 e. The molecule has 2 atom stereocenters. The summed E-state index contributed by atoms with van der Waals surface area (Å²) < 4.78 is 6.31. The van der Waals surface area contributed by atoms with Crippen LogP contribution in [0.25, 0.3) is 11.3 Å². The minimum atomic E-state index is -0.959. The number of aromatic carboxylic acids is 1. The number of pyridine rings is 1. The number of hydrogen-bond acceptors (Lipinski definition) is 4. The van der Waals surface area contributed by atoms with E-state index in [0.717, 1.165) is 22.7 Å². The van der Waals surface area contributed by atoms with E-state index in [2.05, 4.69) is 27.3 Å². The molecule has 2 N–H and O–H groups in total. The smallest absolute Gasteiger partial charge is 0.335 e. The number of carboxylic acid groups (broad SMARTS) is 1. The third kappa shape index (κ3) is 3.99. The van der Waals surface area contributed by atoms with Crippen LogP contribution < -0.4 is 10.2 Å². The van der Waals surface area contributed by atoms with Gasteiger partial charge in [-0.05, 0) is 67.7 Å². The van der Waals surface area contributed by atoms with Crippen molar-refractivity contribution in [2.75, 3.05) is 4.90 Å². The van der Waals surface area contributed by atoms with E-state index in [1.165, 1.54) is 5.56 Å². The monoisotopic (exact) mass is 455 g/mol. The Balaban J connectivity index is 1.56. The third-order valence-corrected chi connectivity index (χ3v) is 6.06. The molecule has 0 unspecified atom stereocenters. The van der Waals surface area contributed by atoms with Crippen molar-refractivity contribution in [2.24, 2.45) is 0 Å². The lowest BCUT2D eigenvalue weighted by atomic mass is 10.0. The molecule has 1 aliphatic rings. The average molecular weight is 456 g/mol. The number of anilines is 1. The molecule has 5 rings (SSSR count). The number of rotatable bonds is 5. The van der Waals surface area contributed by atoms with E-state index < -0.39 is 5.97 Å². The zero-order valence-electron chi connectivity index (χ0n) is 17.8. The van der Waals surface area contributed by atoms with Gasteiger partial charge in [0.05, 0.1) is 17.3 Å². The van der Waals surface area contributed by atoms with Crippen LogP contribution in [-0.2, 0) is 0 Å². The highest BCUT2D eigenvalue weighted by molar-refractivity contribution is 7.80. The molecule has 1 fully saturated rings. The zero-order chi connectivity index (χ0) is 22.9. The number of thiocarbonyl (C=S) groups is 1. The number of aromatic nitrogens is 1. The lowest BCUT2D eigenvalue weighted by Gasteiger charge is -2.26. The first-order chi connectivity index (χ1) is 16.0. The van der Waals surface area contributed by atoms with Crippen molar-refractivity contribution in [3.05, 3.63) is 108 Å². The van der Waals surface area contributed by atoms with Crippen LogP contribution in [-0.4, -0.2) is 21.2 Å². The summed E-state index contributed by atoms with van der Waals surface area (Å²) in [6.45, 7) is 2.05. The van der Waals surface area contributed by atoms with Crippen LogP contribution in [0, 0.1) is 6.92 Å². The number of nitrogens with one attached hydrogen (secondary N) is 1. The van der Waals surface area contributed by atoms with E-state index in [1.807, 2.05) is 49.4 Å². The molecule has 7 heteroatoms. The second-order valence-corrected chi connectivity index (χ2v) is 8.30. The summed E-state index contributed by atoms with van der Waals surface area (Å²) in [6, 6.07) is 24.0. The van der Waals surface area contributed by atoms with Crippen LogP contribution in [0.5, 0.6) is 0 Å². The van der Waals surface area contributed by atoms with Crippen molar-refractivity contribution in [3.8, 4) is 11.3 Å². The first kappa shape index (κ1) is 20.9. The van der Waals surface area contributed by atoms with Gasteiger partial charge in [0.1, 0.15) is 17.6 Å². The summed E-state index contributed by atoms with van der Waals surface area (Å²) in [5.41, 5.74) is 4.03. The van der Waals surface area contributed by atoms with E-state index in [9.17, 15) is 4.79 Å². The molecule has 1 aliphatic heterocycles. The second kappa shape index (κ2) is 8.52. The van der Waals surface area contributed by atoms with Crippen LogP contribution in [0.3, 0.4) is 0 Å². The Morgan fingerprint density at radius 3 is 2.45 bits per heavy atom. The van der Waals surface area contributed by atoms with E-state index in [4.69, 9.17) is 21.7 Å². The molecule has 164 valence electrons. The van der Waals surface area contributed by atoms with E-state index in [0.29, 0.717) is 10.9 Å². The van der Waals surface area contributed by atoms with E-state index in [1.54, 1.807) is 30.5 Å². The highest BCUT2D eigenvalue weighted by Gasteiger charge is 2.42. The van der Waals surface area contributed by atoms with Gasteiger partial charge in [-0.25, -0.2) is 4.79 Å². The van der Waals surface area contributed by atoms with Crippen LogP contribution >= 0.6 is 12.2 Å². The van der Waals surface area contributed by atoms with Gasteiger partial charge in [0.15, 0.2) is 5.11 Å². The molecule has 2 aromatic heterocycles. The maximum absolute atomic E-state index is 11.2. The van der Waals surface area contributed by atoms with Crippen molar-refractivity contribution in [1.82, 2.24) is 10.3 Å². The molecular formula is C26H21N3O3S. The largest absolute Gasteiger partial charge is 0.478 e. The van der Waals surface area contributed by atoms with Gasteiger partial charge >= 0.3 is 5.97 Å². The molecule has 0 bridgehead atoms. The molecule has 3 heterocycles. The Hall–Kier alpha value is -3.97. The van der Waals surface area contributed by atoms with Crippen molar-refractivity contribution in [3.63, 3.8) is 0 Å². The summed E-state index contributed by atoms with van der Waals surface area (Å²) in [5, 5.41) is 13.2. The molecular weight excluding hydrogens is 434 g/mol. The minimum Gasteiger partial charge on any atom is -0.478 e. The van der Waals surface area contributed by atoms with Gasteiger partial charge in [0, 0.05) is 17.4 Å². The highest BCUT2D eigenvalue weighted by atomic mass is 32.1. The molecule has 33 heavy (non-hydrogen) atoms. The van der Waals surface area contributed by atoms with Gasteiger partial charge in [-0.1, -0.05) is 35.9 Å². The first-order valence-corrected chi connectivity index (χ1v) is 10.9. The van der Waals surface area contributed by atoms with Gasteiger partial charge in [0.2, 0.25) is 0 Å². The Kier molecular flexibility index (Phi) is 5.40. The normalized spacial score (nSPS) is 17.7. The number of aryl methyl sites for hydroxylation is 1. The Labute approximate surface area is 196 Å². The Bertz CT molecular complexity index is 1300. The average Bonchev–Trinajstić information content (AvgIpc) is 3.45. The molecule has 6 nitrogen and oxygen atoms in total. The molecule has 0 saturated carbocycles. The predicted octanol–water partition coefficient (Wildman–Crippen LogP) is 5.53. The maximum atomic E-state index is 11.2. The SMILES string of the molecule is Cc1ccc(N2C(=S)N[C@@H](c3ccccn3)[C@@H]2c2ccc(-c3ccc(C(=O)O)cc3)o2)cc1. The number of carbonyl (C=O) groups is 1. The van der Waals surface area contributed by atoms with Gasteiger partial charge in [-0.15, -0.1) is 0 Å². The number of furan rings is 1. The summed E-state index contributed by atoms with van der Waals surface area (Å²) >= 11 is 5.74. The van der Waals surface area contributed by atoms with Gasteiger partial charge in [0.25, 0.3) is 0 Å². The number of carboxylic acids is 1. The molecule has 0 spiro atoms. The van der Waals surface area contributed by atoms with Crippen molar-refractivity contribution < 1.29 is 14.3 Å². The first-order valence-electron chi connectivity index (χ1n) is 10.5. The van der Waals surface area contributed by atoms with Gasteiger partial charge in [-0.3, -0.25) is 4.98 Å². The molecule has 2 aromatic carbocycles. The quantitative estimate of drug-likeness (QED) is 0.383. The molecule has 4 aromatic rings. The summed E-state index contributed by atoms with van der Waals surface area (Å²) in [5.74, 6) is 0.429. The summed E-state index contributed by atoms with van der Waals surface area (Å²) in [6.07, 6.45) is 1.77. The van der Waals surface area contributed by atoms with Crippen molar-refractivity contribution >= 4 is 29.0 Å². The van der Waals surface area contributed by atoms with Crippen LogP contribution in [0.15, 0.2) is 89.5 Å². The number of hydrogen-bond donors (Lipinski definition) is 2. The van der Waals surface area contributed by atoms with E-state index >= 15 is 0 Å². The predicted molar refractivity (Wildman–Crippen MR) is 130 cm³/mol. The van der Waals surface area contributed by atoms with E-state index in [-0.39, 0.29) is 17.6 Å². The number of nitrogens with zero attached hydrogens (tertiary/aromatic N) is 2. The van der Waals surface area contributed by atoms with Gasteiger partial charge in [-0.2, -0.15) is 0 Å². The second-order valence-electron chi connectivity index (χ2n) is 7.92. The van der Waals surface area contributed by atoms with Crippen molar-refractivity contribution in [2.45, 2.75) is 19.0 Å². The summed E-state index contributed by atoms with van der Waals surface area (Å²) in [4.78, 5) is 17.8. The summed E-state index contributed by atoms with van der Waals surface area (Å²) in [7, 11) is 0. The zero-order valence-corrected chi connectivity index (χ0v) is 18.6. The number of benzene rings is 2. The molecule has 0 amide bonds.